The maximum absolute atomic E-state index is 12.5. The van der Waals surface area contributed by atoms with Gasteiger partial charge in [-0.2, -0.15) is 0 Å². The highest BCUT2D eigenvalue weighted by molar-refractivity contribution is 9.10. The summed E-state index contributed by atoms with van der Waals surface area (Å²) < 4.78 is 6.71. The van der Waals surface area contributed by atoms with Gasteiger partial charge in [-0.05, 0) is 56.3 Å². The Bertz CT molecular complexity index is 925. The first kappa shape index (κ1) is 17.2. The van der Waals surface area contributed by atoms with Crippen LogP contribution >= 0.6 is 15.9 Å². The molecule has 0 spiro atoms. The Hall–Kier alpha value is -2.66. The molecule has 126 valence electrons. The molecular formula is C20H16BrNO3. The van der Waals surface area contributed by atoms with Crippen molar-refractivity contribution in [2.75, 3.05) is 5.32 Å². The number of aryl methyl sites for hydroxylation is 1. The number of carbonyl (C=O) groups is 2. The molecule has 0 unspecified atom stereocenters. The molecule has 5 heteroatoms. The molecule has 1 aromatic heterocycles. The predicted octanol–water partition coefficient (Wildman–Crippen LogP) is 5.47. The van der Waals surface area contributed by atoms with Crippen LogP contribution in [0.5, 0.6) is 0 Å². The summed E-state index contributed by atoms with van der Waals surface area (Å²) in [5.41, 5.74) is 2.61. The average molecular weight is 398 g/mol. The number of Topliss-reactive ketones (excluding diaryl/α,β-unsaturated/α-hetero) is 1. The molecule has 1 amide bonds. The van der Waals surface area contributed by atoms with Crippen molar-refractivity contribution in [3.05, 3.63) is 76.0 Å². The van der Waals surface area contributed by atoms with Gasteiger partial charge in [0, 0.05) is 21.3 Å². The van der Waals surface area contributed by atoms with Crippen molar-refractivity contribution < 1.29 is 14.0 Å². The summed E-state index contributed by atoms with van der Waals surface area (Å²) in [4.78, 5) is 23.8. The summed E-state index contributed by atoms with van der Waals surface area (Å²) in [7, 11) is 0. The number of hydrogen-bond acceptors (Lipinski definition) is 3. The largest absolute Gasteiger partial charge is 0.461 e. The highest BCUT2D eigenvalue weighted by Gasteiger charge is 2.16. The van der Waals surface area contributed by atoms with E-state index in [0.717, 1.165) is 10.0 Å². The second-order valence-electron chi connectivity index (χ2n) is 5.68. The molecule has 0 aliphatic carbocycles. The Morgan fingerprint density at radius 2 is 1.64 bits per heavy atom. The van der Waals surface area contributed by atoms with Crippen LogP contribution in [0.15, 0.2) is 63.5 Å². The van der Waals surface area contributed by atoms with E-state index >= 15 is 0 Å². The predicted molar refractivity (Wildman–Crippen MR) is 101 cm³/mol. The number of ketones is 1. The number of carbonyl (C=O) groups excluding carboxylic acids is 2. The van der Waals surface area contributed by atoms with Crippen molar-refractivity contribution in [3.63, 3.8) is 0 Å². The SMILES string of the molecule is CC(=O)c1ccc(NC(=O)c2cc(-c3ccc(Br)cc3)oc2C)cc1. The minimum atomic E-state index is -0.250. The number of furan rings is 1. The summed E-state index contributed by atoms with van der Waals surface area (Å²) in [5, 5.41) is 2.82. The minimum Gasteiger partial charge on any atom is -0.461 e. The van der Waals surface area contributed by atoms with Crippen molar-refractivity contribution in [3.8, 4) is 11.3 Å². The zero-order valence-electron chi connectivity index (χ0n) is 13.8. The number of rotatable bonds is 4. The van der Waals surface area contributed by atoms with Crippen LogP contribution in [-0.2, 0) is 0 Å². The summed E-state index contributed by atoms with van der Waals surface area (Å²) in [6, 6.07) is 16.2. The third-order valence-electron chi connectivity index (χ3n) is 3.84. The lowest BCUT2D eigenvalue weighted by atomic mass is 10.1. The van der Waals surface area contributed by atoms with Gasteiger partial charge in [0.25, 0.3) is 5.91 Å². The van der Waals surface area contributed by atoms with Gasteiger partial charge in [0.1, 0.15) is 11.5 Å². The first-order valence-electron chi connectivity index (χ1n) is 7.73. The smallest absolute Gasteiger partial charge is 0.259 e. The second-order valence-corrected chi connectivity index (χ2v) is 6.59. The Kier molecular flexibility index (Phi) is 4.86. The van der Waals surface area contributed by atoms with Gasteiger partial charge < -0.3 is 9.73 Å². The molecule has 3 aromatic rings. The van der Waals surface area contributed by atoms with Gasteiger partial charge in [0.05, 0.1) is 5.56 Å². The van der Waals surface area contributed by atoms with E-state index in [2.05, 4.69) is 21.2 Å². The molecule has 0 bridgehead atoms. The molecule has 25 heavy (non-hydrogen) atoms. The fourth-order valence-electron chi connectivity index (χ4n) is 2.45. The first-order chi connectivity index (χ1) is 11.9. The number of amides is 1. The normalized spacial score (nSPS) is 10.5. The van der Waals surface area contributed by atoms with E-state index in [1.54, 1.807) is 37.3 Å². The number of halogens is 1. The first-order valence-corrected chi connectivity index (χ1v) is 8.52. The van der Waals surface area contributed by atoms with Crippen molar-refractivity contribution in [1.29, 1.82) is 0 Å². The molecule has 0 radical (unpaired) electrons. The van der Waals surface area contributed by atoms with E-state index < -0.39 is 0 Å². The number of anilines is 1. The average Bonchev–Trinajstić information content (AvgIpc) is 2.98. The quantitative estimate of drug-likeness (QED) is 0.593. The zero-order valence-corrected chi connectivity index (χ0v) is 15.4. The monoisotopic (exact) mass is 397 g/mol. The van der Waals surface area contributed by atoms with E-state index in [1.807, 2.05) is 24.3 Å². The molecule has 1 heterocycles. The Balaban J connectivity index is 1.80. The molecule has 3 rings (SSSR count). The minimum absolute atomic E-state index is 0.0114. The van der Waals surface area contributed by atoms with Crippen LogP contribution in [0.25, 0.3) is 11.3 Å². The van der Waals surface area contributed by atoms with Gasteiger partial charge >= 0.3 is 0 Å². The summed E-state index contributed by atoms with van der Waals surface area (Å²) >= 11 is 3.40. The highest BCUT2D eigenvalue weighted by Crippen LogP contribution is 2.27. The van der Waals surface area contributed by atoms with Gasteiger partial charge in [-0.15, -0.1) is 0 Å². The summed E-state index contributed by atoms with van der Waals surface area (Å²) in [6.45, 7) is 3.27. The van der Waals surface area contributed by atoms with Crippen LogP contribution in [0.4, 0.5) is 5.69 Å². The van der Waals surface area contributed by atoms with Crippen LogP contribution < -0.4 is 5.32 Å². The van der Waals surface area contributed by atoms with Gasteiger partial charge in [-0.1, -0.05) is 28.1 Å². The maximum Gasteiger partial charge on any atom is 0.259 e. The fourth-order valence-corrected chi connectivity index (χ4v) is 2.71. The summed E-state index contributed by atoms with van der Waals surface area (Å²) in [5.74, 6) is 0.931. The zero-order chi connectivity index (χ0) is 18.0. The molecule has 0 fully saturated rings. The summed E-state index contributed by atoms with van der Waals surface area (Å²) in [6.07, 6.45) is 0. The van der Waals surface area contributed by atoms with Crippen LogP contribution in [0, 0.1) is 6.92 Å². The standard InChI is InChI=1S/C20H16BrNO3/c1-12(23)14-5-9-17(10-6-14)22-20(24)18-11-19(25-13(18)2)15-3-7-16(21)8-4-15/h3-11H,1-2H3,(H,22,24). The van der Waals surface area contributed by atoms with Crippen LogP contribution in [0.2, 0.25) is 0 Å². The molecule has 0 aliphatic heterocycles. The lowest BCUT2D eigenvalue weighted by Crippen LogP contribution is -2.12. The molecule has 2 aromatic carbocycles. The number of hydrogen-bond donors (Lipinski definition) is 1. The molecule has 0 atom stereocenters. The molecule has 0 aliphatic rings. The second kappa shape index (κ2) is 7.07. The van der Waals surface area contributed by atoms with Gasteiger partial charge in [0.2, 0.25) is 0 Å². The maximum atomic E-state index is 12.5. The van der Waals surface area contributed by atoms with Gasteiger partial charge in [0.15, 0.2) is 5.78 Å². The topological polar surface area (TPSA) is 59.3 Å². The number of benzene rings is 2. The molecule has 0 saturated carbocycles. The lowest BCUT2D eigenvalue weighted by Gasteiger charge is -2.04. The molecule has 4 nitrogen and oxygen atoms in total. The lowest BCUT2D eigenvalue weighted by molar-refractivity contribution is 0.101. The van der Waals surface area contributed by atoms with E-state index in [-0.39, 0.29) is 11.7 Å². The van der Waals surface area contributed by atoms with Crippen molar-refractivity contribution in [2.45, 2.75) is 13.8 Å². The Labute approximate surface area is 154 Å². The molecule has 0 saturated heterocycles. The van der Waals surface area contributed by atoms with Crippen molar-refractivity contribution >= 4 is 33.3 Å². The fraction of sp³-hybridized carbons (Fsp3) is 0.100. The van der Waals surface area contributed by atoms with Crippen LogP contribution in [-0.4, -0.2) is 11.7 Å². The number of nitrogens with one attached hydrogen (secondary N) is 1. The Morgan fingerprint density at radius 3 is 2.24 bits per heavy atom. The van der Waals surface area contributed by atoms with E-state index in [4.69, 9.17) is 4.42 Å². The Morgan fingerprint density at radius 1 is 1.00 bits per heavy atom. The third-order valence-corrected chi connectivity index (χ3v) is 4.37. The van der Waals surface area contributed by atoms with E-state index in [9.17, 15) is 9.59 Å². The van der Waals surface area contributed by atoms with Crippen molar-refractivity contribution in [2.24, 2.45) is 0 Å². The van der Waals surface area contributed by atoms with Gasteiger partial charge in [-0.3, -0.25) is 9.59 Å². The van der Waals surface area contributed by atoms with Crippen molar-refractivity contribution in [1.82, 2.24) is 0 Å². The third kappa shape index (κ3) is 3.88. The molecule has 1 N–H and O–H groups in total. The van der Waals surface area contributed by atoms with Crippen LogP contribution in [0.1, 0.15) is 33.4 Å². The van der Waals surface area contributed by atoms with E-state index in [0.29, 0.717) is 28.3 Å². The van der Waals surface area contributed by atoms with E-state index in [1.165, 1.54) is 6.92 Å². The van der Waals surface area contributed by atoms with Crippen LogP contribution in [0.3, 0.4) is 0 Å². The molecular weight excluding hydrogens is 382 g/mol. The highest BCUT2D eigenvalue weighted by atomic mass is 79.9. The van der Waals surface area contributed by atoms with Gasteiger partial charge in [-0.25, -0.2) is 0 Å².